The van der Waals surface area contributed by atoms with Crippen LogP contribution in [-0.2, 0) is 4.74 Å². The molecule has 2 heterocycles. The van der Waals surface area contributed by atoms with E-state index in [-0.39, 0.29) is 11.9 Å². The molecule has 1 aliphatic heterocycles. The number of urea groups is 1. The molecule has 234 valence electrons. The van der Waals surface area contributed by atoms with E-state index in [0.717, 1.165) is 52.2 Å². The molecule has 5 aromatic rings. The van der Waals surface area contributed by atoms with Crippen LogP contribution in [0.25, 0.3) is 33.4 Å². The monoisotopic (exact) mass is 615 g/mol. The van der Waals surface area contributed by atoms with Crippen LogP contribution in [0.3, 0.4) is 0 Å². The topological polar surface area (TPSA) is 103 Å². The van der Waals surface area contributed by atoms with Crippen LogP contribution in [0.4, 0.5) is 27.7 Å². The molecule has 6 rings (SSSR count). The third kappa shape index (κ3) is 6.77. The van der Waals surface area contributed by atoms with Gasteiger partial charge in [-0.3, -0.25) is 4.79 Å². The molecule has 2 N–H and O–H groups in total. The molecule has 0 spiro atoms. The van der Waals surface area contributed by atoms with Crippen LogP contribution < -0.4 is 20.4 Å². The van der Waals surface area contributed by atoms with E-state index >= 15 is 0 Å². The minimum absolute atomic E-state index is 0.0984. The van der Waals surface area contributed by atoms with Gasteiger partial charge >= 0.3 is 6.03 Å². The summed E-state index contributed by atoms with van der Waals surface area (Å²) < 4.78 is 5.62. The predicted octanol–water partition coefficient (Wildman–Crippen LogP) is 6.21. The molecule has 10 heteroatoms. The second kappa shape index (κ2) is 13.3. The van der Waals surface area contributed by atoms with E-state index in [2.05, 4.69) is 62.9 Å². The molecule has 10 nitrogen and oxygen atoms in total. The average Bonchev–Trinajstić information content (AvgIpc) is 3.08. The van der Waals surface area contributed by atoms with Gasteiger partial charge in [0.2, 0.25) is 0 Å². The van der Waals surface area contributed by atoms with Crippen molar-refractivity contribution in [3.8, 4) is 22.5 Å². The number of nitrogens with zero attached hydrogens (tertiary/aromatic N) is 5. The van der Waals surface area contributed by atoms with E-state index < -0.39 is 0 Å². The Hall–Kier alpha value is -5.48. The van der Waals surface area contributed by atoms with Gasteiger partial charge < -0.3 is 30.1 Å². The Morgan fingerprint density at radius 2 is 1.37 bits per heavy atom. The van der Waals surface area contributed by atoms with Crippen LogP contribution in [0, 0.1) is 0 Å². The van der Waals surface area contributed by atoms with Gasteiger partial charge in [-0.1, -0.05) is 18.2 Å². The molecule has 0 saturated carbocycles. The fraction of sp³-hybridized carbons (Fsp3) is 0.222. The molecule has 0 radical (unpaired) electrons. The van der Waals surface area contributed by atoms with Crippen molar-refractivity contribution < 1.29 is 14.3 Å². The van der Waals surface area contributed by atoms with E-state index in [1.165, 1.54) is 4.90 Å². The van der Waals surface area contributed by atoms with E-state index in [9.17, 15) is 9.59 Å². The van der Waals surface area contributed by atoms with Crippen LogP contribution in [-0.4, -0.2) is 81.3 Å². The summed E-state index contributed by atoms with van der Waals surface area (Å²) in [5.74, 6) is 1.40. The lowest BCUT2D eigenvalue weighted by molar-refractivity contribution is 0.0827. The molecule has 1 saturated heterocycles. The second-order valence-electron chi connectivity index (χ2n) is 11.6. The third-order valence-corrected chi connectivity index (χ3v) is 7.88. The first-order valence-electron chi connectivity index (χ1n) is 15.2. The highest BCUT2D eigenvalue weighted by Gasteiger charge is 2.19. The first kappa shape index (κ1) is 30.5. The number of anilines is 4. The maximum Gasteiger partial charge on any atom is 0.323 e. The molecular formula is C36H37N7O3. The zero-order valence-electron chi connectivity index (χ0n) is 26.4. The van der Waals surface area contributed by atoms with E-state index in [1.807, 2.05) is 38.4 Å². The molecule has 1 aromatic heterocycles. The van der Waals surface area contributed by atoms with Crippen molar-refractivity contribution in [2.24, 2.45) is 0 Å². The summed E-state index contributed by atoms with van der Waals surface area (Å²) in [6.07, 6.45) is 0. The minimum Gasteiger partial charge on any atom is -0.378 e. The molecule has 0 bridgehead atoms. The van der Waals surface area contributed by atoms with Gasteiger partial charge in [-0.2, -0.15) is 0 Å². The number of hydrogen-bond donors (Lipinski definition) is 2. The van der Waals surface area contributed by atoms with Gasteiger partial charge in [-0.05, 0) is 83.9 Å². The molecule has 0 aliphatic carbocycles. The highest BCUT2D eigenvalue weighted by molar-refractivity contribution is 6.01. The van der Waals surface area contributed by atoms with Gasteiger partial charge in [0.15, 0.2) is 5.82 Å². The number of nitrogens with one attached hydrogen (secondary N) is 2. The summed E-state index contributed by atoms with van der Waals surface area (Å²) in [6, 6.07) is 28.7. The van der Waals surface area contributed by atoms with Gasteiger partial charge in [0.25, 0.3) is 5.91 Å². The van der Waals surface area contributed by atoms with E-state index in [4.69, 9.17) is 14.7 Å². The van der Waals surface area contributed by atoms with E-state index in [1.54, 1.807) is 38.4 Å². The first-order valence-corrected chi connectivity index (χ1v) is 15.2. The predicted molar refractivity (Wildman–Crippen MR) is 185 cm³/mol. The lowest BCUT2D eigenvalue weighted by Gasteiger charge is -2.29. The normalized spacial score (nSPS) is 12.9. The van der Waals surface area contributed by atoms with Crippen molar-refractivity contribution in [3.63, 3.8) is 0 Å². The zero-order valence-corrected chi connectivity index (χ0v) is 26.4. The van der Waals surface area contributed by atoms with Gasteiger partial charge in [0.05, 0.1) is 18.7 Å². The van der Waals surface area contributed by atoms with Crippen LogP contribution in [0.1, 0.15) is 10.4 Å². The van der Waals surface area contributed by atoms with Crippen LogP contribution in [0.2, 0.25) is 0 Å². The van der Waals surface area contributed by atoms with Crippen LogP contribution in [0.5, 0.6) is 0 Å². The number of ether oxygens (including phenoxy) is 1. The molecule has 0 unspecified atom stereocenters. The van der Waals surface area contributed by atoms with Crippen LogP contribution in [0.15, 0.2) is 91.0 Å². The number of morpholine rings is 1. The Morgan fingerprint density at radius 3 is 2.02 bits per heavy atom. The molecule has 0 atom stereocenters. The molecule has 4 aromatic carbocycles. The van der Waals surface area contributed by atoms with Crippen molar-refractivity contribution in [1.82, 2.24) is 14.9 Å². The Kier molecular flexibility index (Phi) is 8.80. The number of fused-ring (bicyclic) bond motifs is 1. The van der Waals surface area contributed by atoms with Crippen molar-refractivity contribution >= 4 is 45.7 Å². The summed E-state index contributed by atoms with van der Waals surface area (Å²) in [7, 11) is 7.47. The maximum atomic E-state index is 12.7. The average molecular weight is 616 g/mol. The Labute approximate surface area is 268 Å². The van der Waals surface area contributed by atoms with Crippen molar-refractivity contribution in [1.29, 1.82) is 0 Å². The highest BCUT2D eigenvalue weighted by Crippen LogP contribution is 2.33. The summed E-state index contributed by atoms with van der Waals surface area (Å²) in [5.41, 5.74) is 6.78. The number of amides is 3. The number of benzene rings is 4. The second-order valence-corrected chi connectivity index (χ2v) is 11.6. The fourth-order valence-corrected chi connectivity index (χ4v) is 5.35. The number of carbonyl (C=O) groups excluding carboxylic acids is 2. The fourth-order valence-electron chi connectivity index (χ4n) is 5.35. The van der Waals surface area contributed by atoms with Crippen molar-refractivity contribution in [3.05, 3.63) is 96.6 Å². The lowest BCUT2D eigenvalue weighted by atomic mass is 10.0. The molecule has 46 heavy (non-hydrogen) atoms. The van der Waals surface area contributed by atoms with Gasteiger partial charge in [0.1, 0.15) is 5.82 Å². The third-order valence-electron chi connectivity index (χ3n) is 7.88. The summed E-state index contributed by atoms with van der Waals surface area (Å²) >= 11 is 0. The number of carbonyl (C=O) groups is 2. The number of hydrogen-bond acceptors (Lipinski definition) is 7. The Morgan fingerprint density at radius 1 is 0.739 bits per heavy atom. The molecule has 3 amide bonds. The van der Waals surface area contributed by atoms with Crippen molar-refractivity contribution in [2.45, 2.75) is 0 Å². The van der Waals surface area contributed by atoms with Gasteiger partial charge in [-0.15, -0.1) is 0 Å². The lowest BCUT2D eigenvalue weighted by Crippen LogP contribution is -2.37. The molecule has 1 fully saturated rings. The maximum absolute atomic E-state index is 12.7. The SMILES string of the molecule is CN(C)C(=O)c1ccc(NC(=O)Nc2ccc(-c3nc(N4CCOCC4)c4ccc(-c5cccc(N(C)C)c5)cc4n3)cc2)cc1. The summed E-state index contributed by atoms with van der Waals surface area (Å²) in [5, 5.41) is 6.66. The van der Waals surface area contributed by atoms with Gasteiger partial charge in [0, 0.05) is 74.9 Å². The quantitative estimate of drug-likeness (QED) is 0.224. The Bertz CT molecular complexity index is 1870. The number of rotatable bonds is 7. The zero-order chi connectivity index (χ0) is 32.2. The minimum atomic E-state index is -0.387. The summed E-state index contributed by atoms with van der Waals surface area (Å²) in [6.45, 7) is 2.81. The molecular weight excluding hydrogens is 578 g/mol. The first-order chi connectivity index (χ1) is 22.2. The smallest absolute Gasteiger partial charge is 0.323 e. The molecule has 1 aliphatic rings. The standard InChI is InChI=1S/C36H37N7O3/c1-41(2)30-7-5-6-26(22-30)27-12-17-31-32(23-27)39-33(40-34(31)43-18-20-46-21-19-43)24-8-13-28(14-9-24)37-36(45)38-29-15-10-25(11-16-29)35(44)42(3)4/h5-17,22-23H,18-21H2,1-4H3,(H2,37,38,45). The number of aromatic nitrogens is 2. The largest absolute Gasteiger partial charge is 0.378 e. The van der Waals surface area contributed by atoms with Crippen molar-refractivity contribution in [2.75, 3.05) is 74.9 Å². The summed E-state index contributed by atoms with van der Waals surface area (Å²) in [4.78, 5) is 40.7. The van der Waals surface area contributed by atoms with Gasteiger partial charge in [-0.25, -0.2) is 14.8 Å². The Balaban J connectivity index is 1.25. The highest BCUT2D eigenvalue weighted by atomic mass is 16.5. The van der Waals surface area contributed by atoms with E-state index in [0.29, 0.717) is 36.0 Å². The van der Waals surface area contributed by atoms with Crippen LogP contribution >= 0.6 is 0 Å².